The van der Waals surface area contributed by atoms with Gasteiger partial charge >= 0.3 is 0 Å². The van der Waals surface area contributed by atoms with Crippen molar-refractivity contribution in [2.45, 2.75) is 26.7 Å². The van der Waals surface area contributed by atoms with Crippen LogP contribution in [0.4, 0.5) is 0 Å². The first-order chi connectivity index (χ1) is 7.24. The second kappa shape index (κ2) is 6.07. The van der Waals surface area contributed by atoms with Gasteiger partial charge in [-0.25, -0.2) is 0 Å². The lowest BCUT2D eigenvalue weighted by Gasteiger charge is -2.00. The van der Waals surface area contributed by atoms with Crippen LogP contribution >= 0.6 is 0 Å². The van der Waals surface area contributed by atoms with Crippen LogP contribution in [0.1, 0.15) is 32.3 Å². The maximum Gasteiger partial charge on any atom is 0.0387 e. The van der Waals surface area contributed by atoms with Gasteiger partial charge in [-0.1, -0.05) is 55.3 Å². The summed E-state index contributed by atoms with van der Waals surface area (Å²) in [6.07, 6.45) is 6.41. The zero-order valence-corrected chi connectivity index (χ0v) is 9.53. The minimum Gasteiger partial charge on any atom is -0.398 e. The molecule has 15 heavy (non-hydrogen) atoms. The number of hydrogen-bond acceptors (Lipinski definition) is 1. The molecule has 0 atom stereocenters. The van der Waals surface area contributed by atoms with Gasteiger partial charge in [-0.2, -0.15) is 0 Å². The van der Waals surface area contributed by atoms with Crippen molar-refractivity contribution in [2.24, 2.45) is 5.73 Å². The summed E-state index contributed by atoms with van der Waals surface area (Å²) in [5.41, 5.74) is 9.23. The van der Waals surface area contributed by atoms with Crippen molar-refractivity contribution in [3.63, 3.8) is 0 Å². The Hall–Kier alpha value is -1.50. The summed E-state index contributed by atoms with van der Waals surface area (Å²) in [5.74, 6) is 0. The molecule has 0 aliphatic rings. The molecule has 2 N–H and O–H groups in total. The summed E-state index contributed by atoms with van der Waals surface area (Å²) in [6.45, 7) is 4.32. The molecule has 0 unspecified atom stereocenters. The number of hydrogen-bond donors (Lipinski definition) is 1. The van der Waals surface area contributed by atoms with Gasteiger partial charge in [0.05, 0.1) is 0 Å². The van der Waals surface area contributed by atoms with Gasteiger partial charge in [0.15, 0.2) is 0 Å². The molecular weight excluding hydrogens is 182 g/mol. The molecule has 0 saturated carbocycles. The van der Waals surface area contributed by atoms with E-state index in [1.807, 2.05) is 36.4 Å². The predicted molar refractivity (Wildman–Crippen MR) is 67.3 cm³/mol. The Morgan fingerprint density at radius 3 is 2.47 bits per heavy atom. The van der Waals surface area contributed by atoms with Crippen LogP contribution in [0.2, 0.25) is 0 Å². The van der Waals surface area contributed by atoms with Crippen molar-refractivity contribution >= 4 is 5.70 Å². The largest absolute Gasteiger partial charge is 0.398 e. The van der Waals surface area contributed by atoms with Gasteiger partial charge in [-0.05, 0) is 25.0 Å². The number of benzene rings is 1. The molecule has 0 heterocycles. The van der Waals surface area contributed by atoms with Crippen molar-refractivity contribution in [1.29, 1.82) is 0 Å². The van der Waals surface area contributed by atoms with E-state index in [1.54, 1.807) is 0 Å². The monoisotopic (exact) mass is 201 g/mol. The Labute approximate surface area is 92.3 Å². The Morgan fingerprint density at radius 1 is 1.20 bits per heavy atom. The Bertz CT molecular complexity index is 347. The second-order valence-electron chi connectivity index (χ2n) is 3.75. The van der Waals surface area contributed by atoms with Gasteiger partial charge in [-0.3, -0.25) is 0 Å². The molecule has 0 saturated heterocycles. The highest BCUT2D eigenvalue weighted by molar-refractivity contribution is 5.63. The first kappa shape index (κ1) is 11.6. The SMILES string of the molecule is CCC/C(C)=C\C=C(/N)c1ccccc1. The lowest BCUT2D eigenvalue weighted by Crippen LogP contribution is -1.94. The first-order valence-corrected chi connectivity index (χ1v) is 5.42. The second-order valence-corrected chi connectivity index (χ2v) is 3.75. The Morgan fingerprint density at radius 2 is 1.87 bits per heavy atom. The van der Waals surface area contributed by atoms with E-state index in [4.69, 9.17) is 5.73 Å². The van der Waals surface area contributed by atoms with Crippen LogP contribution in [-0.2, 0) is 0 Å². The molecule has 1 aromatic rings. The summed E-state index contributed by atoms with van der Waals surface area (Å²) in [6, 6.07) is 10.0. The lowest BCUT2D eigenvalue weighted by atomic mass is 10.1. The predicted octanol–water partition coefficient (Wildman–Crippen LogP) is 3.73. The van der Waals surface area contributed by atoms with Crippen LogP contribution in [0.5, 0.6) is 0 Å². The Kier molecular flexibility index (Phi) is 4.69. The van der Waals surface area contributed by atoms with Gasteiger partial charge in [0.2, 0.25) is 0 Å². The highest BCUT2D eigenvalue weighted by Gasteiger charge is 1.92. The molecule has 0 radical (unpaired) electrons. The molecule has 80 valence electrons. The van der Waals surface area contributed by atoms with Crippen molar-refractivity contribution in [3.05, 3.63) is 53.6 Å². The third-order valence-corrected chi connectivity index (χ3v) is 2.30. The fourth-order valence-electron chi connectivity index (χ4n) is 1.44. The van der Waals surface area contributed by atoms with Gasteiger partial charge < -0.3 is 5.73 Å². The van der Waals surface area contributed by atoms with Crippen molar-refractivity contribution in [1.82, 2.24) is 0 Å². The number of rotatable bonds is 4. The molecule has 0 bridgehead atoms. The van der Waals surface area contributed by atoms with E-state index in [1.165, 1.54) is 12.0 Å². The highest BCUT2D eigenvalue weighted by atomic mass is 14.6. The molecule has 0 fully saturated rings. The van der Waals surface area contributed by atoms with E-state index in [0.717, 1.165) is 17.7 Å². The summed E-state index contributed by atoms with van der Waals surface area (Å²) in [5, 5.41) is 0. The fraction of sp³-hybridized carbons (Fsp3) is 0.286. The summed E-state index contributed by atoms with van der Waals surface area (Å²) >= 11 is 0. The first-order valence-electron chi connectivity index (χ1n) is 5.42. The molecule has 0 aliphatic heterocycles. The van der Waals surface area contributed by atoms with E-state index in [-0.39, 0.29) is 0 Å². The molecule has 1 heteroatoms. The molecule has 1 nitrogen and oxygen atoms in total. The van der Waals surface area contributed by atoms with E-state index < -0.39 is 0 Å². The zero-order valence-electron chi connectivity index (χ0n) is 9.53. The van der Waals surface area contributed by atoms with Crippen LogP contribution in [-0.4, -0.2) is 0 Å². The number of nitrogens with two attached hydrogens (primary N) is 1. The third kappa shape index (κ3) is 4.03. The molecule has 0 amide bonds. The average molecular weight is 201 g/mol. The molecule has 1 aromatic carbocycles. The molecule has 0 spiro atoms. The maximum atomic E-state index is 5.96. The summed E-state index contributed by atoms with van der Waals surface area (Å²) in [7, 11) is 0. The maximum absolute atomic E-state index is 5.96. The van der Waals surface area contributed by atoms with E-state index >= 15 is 0 Å². The van der Waals surface area contributed by atoms with E-state index in [9.17, 15) is 0 Å². The standard InChI is InChI=1S/C14H19N/c1-3-7-12(2)10-11-14(15)13-8-5-4-6-9-13/h4-6,8-11H,3,7,15H2,1-2H3/b12-10-,14-11-. The minimum atomic E-state index is 0.825. The number of allylic oxidation sites excluding steroid dienone is 3. The minimum absolute atomic E-state index is 0.825. The quantitative estimate of drug-likeness (QED) is 0.738. The van der Waals surface area contributed by atoms with Crippen molar-refractivity contribution < 1.29 is 0 Å². The van der Waals surface area contributed by atoms with Gasteiger partial charge in [0, 0.05) is 5.70 Å². The zero-order chi connectivity index (χ0) is 11.1. The van der Waals surface area contributed by atoms with Crippen LogP contribution < -0.4 is 5.73 Å². The highest BCUT2D eigenvalue weighted by Crippen LogP contribution is 2.09. The normalized spacial score (nSPS) is 12.9. The fourth-order valence-corrected chi connectivity index (χ4v) is 1.44. The van der Waals surface area contributed by atoms with E-state index in [2.05, 4.69) is 19.9 Å². The van der Waals surface area contributed by atoms with Crippen LogP contribution in [0, 0.1) is 0 Å². The van der Waals surface area contributed by atoms with E-state index in [0.29, 0.717) is 0 Å². The Balaban J connectivity index is 2.73. The average Bonchev–Trinajstić information content (AvgIpc) is 2.27. The third-order valence-electron chi connectivity index (χ3n) is 2.30. The van der Waals surface area contributed by atoms with Gasteiger partial charge in [0.25, 0.3) is 0 Å². The molecule has 0 aliphatic carbocycles. The van der Waals surface area contributed by atoms with Crippen molar-refractivity contribution in [2.75, 3.05) is 0 Å². The van der Waals surface area contributed by atoms with Gasteiger partial charge in [-0.15, -0.1) is 0 Å². The van der Waals surface area contributed by atoms with Crippen LogP contribution in [0.15, 0.2) is 48.1 Å². The smallest absolute Gasteiger partial charge is 0.0387 e. The van der Waals surface area contributed by atoms with Crippen LogP contribution in [0.25, 0.3) is 5.70 Å². The molecule has 0 aromatic heterocycles. The molecular formula is C14H19N. The van der Waals surface area contributed by atoms with Crippen LogP contribution in [0.3, 0.4) is 0 Å². The summed E-state index contributed by atoms with van der Waals surface area (Å²) < 4.78 is 0. The lowest BCUT2D eigenvalue weighted by molar-refractivity contribution is 0.906. The summed E-state index contributed by atoms with van der Waals surface area (Å²) in [4.78, 5) is 0. The van der Waals surface area contributed by atoms with Gasteiger partial charge in [0.1, 0.15) is 0 Å². The topological polar surface area (TPSA) is 26.0 Å². The van der Waals surface area contributed by atoms with Crippen molar-refractivity contribution in [3.8, 4) is 0 Å². The molecule has 1 rings (SSSR count).